The molecule has 1 aliphatic carbocycles. The fourth-order valence-corrected chi connectivity index (χ4v) is 5.81. The molecule has 0 unspecified atom stereocenters. The van der Waals surface area contributed by atoms with Gasteiger partial charge in [-0.2, -0.15) is 0 Å². The summed E-state index contributed by atoms with van der Waals surface area (Å²) in [6.45, 7) is 4.77. The third-order valence-electron chi connectivity index (χ3n) is 7.73. The lowest BCUT2D eigenvalue weighted by atomic mass is 10.1. The topological polar surface area (TPSA) is 68.0 Å². The predicted octanol–water partition coefficient (Wildman–Crippen LogP) is 5.96. The van der Waals surface area contributed by atoms with Crippen molar-refractivity contribution < 1.29 is 23.0 Å². The highest BCUT2D eigenvalue weighted by atomic mass is 35.5. The van der Waals surface area contributed by atoms with Gasteiger partial charge in [-0.3, -0.25) is 9.69 Å². The van der Waals surface area contributed by atoms with Crippen molar-refractivity contribution in [3.8, 4) is 11.5 Å². The summed E-state index contributed by atoms with van der Waals surface area (Å²) in [5.74, 6) is 0.261. The maximum atomic E-state index is 14.3. The highest BCUT2D eigenvalue weighted by Gasteiger charge is 2.32. The first-order valence-corrected chi connectivity index (χ1v) is 13.4. The zero-order valence-corrected chi connectivity index (χ0v) is 25.0. The molecule has 10 heteroatoms. The Labute approximate surface area is 248 Å². The van der Waals surface area contributed by atoms with Crippen LogP contribution in [0.15, 0.2) is 42.0 Å². The number of nitrogens with zero attached hydrogens (tertiary/aromatic N) is 2. The summed E-state index contributed by atoms with van der Waals surface area (Å²) in [4.78, 5) is 18.2. The Morgan fingerprint density at radius 3 is 2.48 bits per heavy atom. The van der Waals surface area contributed by atoms with Gasteiger partial charge in [0.25, 0.3) is 5.91 Å². The Morgan fingerprint density at radius 1 is 1.07 bits per heavy atom. The van der Waals surface area contributed by atoms with Crippen LogP contribution in [-0.2, 0) is 0 Å². The number of rotatable bonds is 10. The van der Waals surface area contributed by atoms with Crippen LogP contribution in [0, 0.1) is 17.6 Å². The van der Waals surface area contributed by atoms with E-state index in [0.29, 0.717) is 47.7 Å². The molecule has 1 saturated carbocycles. The number of likely N-dealkylation sites (tertiary alicyclic amines) is 1. The van der Waals surface area contributed by atoms with Crippen LogP contribution in [0.2, 0.25) is 0 Å². The minimum Gasteiger partial charge on any atom is -0.493 e. The van der Waals surface area contributed by atoms with Crippen LogP contribution in [0.5, 0.6) is 11.5 Å². The van der Waals surface area contributed by atoms with Crippen LogP contribution in [-0.4, -0.2) is 68.2 Å². The highest BCUT2D eigenvalue weighted by molar-refractivity contribution is 5.95. The van der Waals surface area contributed by atoms with Crippen LogP contribution in [0.3, 0.4) is 0 Å². The number of benzene rings is 2. The Bertz CT molecular complexity index is 1170. The van der Waals surface area contributed by atoms with Crippen molar-refractivity contribution in [2.45, 2.75) is 51.1 Å². The standard InChI is InChI=1S/C30H39F2N3O3.2ClH/c1-20(13-22-7-9-24(31)16-27(22)32)17-35(30(36)23-8-11-28(37-2)29(15-23)38-3)19-26-5-4-12-34(26)18-21-6-10-25(33)14-21;;/h7-9,11,13,15-16,21,25-26H,4-6,10,12,14,17-19,33H2,1-3H3;2*1H/b20-13+;;/t21-,25+,26-;;/m0../s1. The predicted molar refractivity (Wildman–Crippen MR) is 160 cm³/mol. The van der Waals surface area contributed by atoms with Gasteiger partial charge in [-0.05, 0) is 81.8 Å². The number of nitrogens with two attached hydrogens (primary N) is 1. The number of hydrogen-bond donors (Lipinski definition) is 1. The zero-order chi connectivity index (χ0) is 27.2. The molecule has 0 radical (unpaired) electrons. The summed E-state index contributed by atoms with van der Waals surface area (Å²) in [7, 11) is 3.10. The van der Waals surface area contributed by atoms with Gasteiger partial charge in [-0.25, -0.2) is 8.78 Å². The van der Waals surface area contributed by atoms with E-state index in [0.717, 1.165) is 56.8 Å². The van der Waals surface area contributed by atoms with Gasteiger partial charge in [0.05, 0.1) is 14.2 Å². The normalized spacial score (nSPS) is 20.9. The maximum Gasteiger partial charge on any atom is 0.254 e. The van der Waals surface area contributed by atoms with E-state index < -0.39 is 11.6 Å². The lowest BCUT2D eigenvalue weighted by molar-refractivity contribution is 0.0714. The van der Waals surface area contributed by atoms with E-state index in [-0.39, 0.29) is 36.8 Å². The van der Waals surface area contributed by atoms with E-state index in [4.69, 9.17) is 15.2 Å². The SMILES string of the molecule is COc1ccc(C(=O)N(C/C(C)=C/c2ccc(F)cc2F)C[C@@H]2CCCN2C[C@H]2CC[C@@H](N)C2)cc1OC.Cl.Cl. The van der Waals surface area contributed by atoms with Gasteiger partial charge in [0, 0.05) is 48.9 Å². The molecule has 0 bridgehead atoms. The molecular formula is C30H41Cl2F2N3O3. The average Bonchev–Trinajstić information content (AvgIpc) is 3.52. The lowest BCUT2D eigenvalue weighted by Crippen LogP contribution is -2.45. The van der Waals surface area contributed by atoms with Gasteiger partial charge in [0.1, 0.15) is 11.6 Å². The van der Waals surface area contributed by atoms with Crippen LogP contribution < -0.4 is 15.2 Å². The van der Waals surface area contributed by atoms with Gasteiger partial charge < -0.3 is 20.1 Å². The Hall–Kier alpha value is -2.39. The number of carbonyl (C=O) groups is 1. The number of methoxy groups -OCH3 is 2. The lowest BCUT2D eigenvalue weighted by Gasteiger charge is -2.33. The molecule has 2 aromatic carbocycles. The molecule has 2 N–H and O–H groups in total. The molecule has 222 valence electrons. The highest BCUT2D eigenvalue weighted by Crippen LogP contribution is 2.30. The second-order valence-corrected chi connectivity index (χ2v) is 10.6. The zero-order valence-electron chi connectivity index (χ0n) is 23.4. The largest absolute Gasteiger partial charge is 0.493 e. The second-order valence-electron chi connectivity index (χ2n) is 10.6. The summed E-state index contributed by atoms with van der Waals surface area (Å²) in [5.41, 5.74) is 7.75. The van der Waals surface area contributed by atoms with Crippen molar-refractivity contribution in [1.82, 2.24) is 9.80 Å². The molecule has 2 aliphatic rings. The number of amides is 1. The third kappa shape index (κ3) is 8.56. The summed E-state index contributed by atoms with van der Waals surface area (Å²) in [6.07, 6.45) is 7.08. The quantitative estimate of drug-likeness (QED) is 0.365. The van der Waals surface area contributed by atoms with Gasteiger partial charge in [0.2, 0.25) is 0 Å². The number of hydrogen-bond acceptors (Lipinski definition) is 5. The van der Waals surface area contributed by atoms with Crippen LogP contribution in [0.1, 0.15) is 54.9 Å². The smallest absolute Gasteiger partial charge is 0.254 e. The summed E-state index contributed by atoms with van der Waals surface area (Å²) in [6, 6.07) is 9.22. The fourth-order valence-electron chi connectivity index (χ4n) is 5.81. The molecule has 0 spiro atoms. The average molecular weight is 601 g/mol. The minimum atomic E-state index is -0.626. The third-order valence-corrected chi connectivity index (χ3v) is 7.73. The Morgan fingerprint density at radius 2 is 1.82 bits per heavy atom. The second kappa shape index (κ2) is 15.6. The van der Waals surface area contributed by atoms with Crippen molar-refractivity contribution in [3.05, 3.63) is 64.7 Å². The molecule has 6 nitrogen and oxygen atoms in total. The first kappa shape index (κ1) is 33.8. The molecular weight excluding hydrogens is 559 g/mol. The molecule has 2 aromatic rings. The van der Waals surface area contributed by atoms with Crippen LogP contribution in [0.4, 0.5) is 8.78 Å². The summed E-state index contributed by atoms with van der Waals surface area (Å²) >= 11 is 0. The molecule has 40 heavy (non-hydrogen) atoms. The molecule has 0 aromatic heterocycles. The minimum absolute atomic E-state index is 0. The molecule has 1 saturated heterocycles. The van der Waals surface area contributed by atoms with E-state index in [1.54, 1.807) is 38.5 Å². The van der Waals surface area contributed by atoms with E-state index in [2.05, 4.69) is 4.90 Å². The number of halogens is 4. The first-order valence-electron chi connectivity index (χ1n) is 13.4. The van der Waals surface area contributed by atoms with E-state index in [1.807, 2.05) is 11.8 Å². The number of ether oxygens (including phenoxy) is 2. The fraction of sp³-hybridized carbons (Fsp3) is 0.500. The first-order chi connectivity index (χ1) is 18.3. The van der Waals surface area contributed by atoms with Crippen LogP contribution in [0.25, 0.3) is 6.08 Å². The molecule has 1 heterocycles. The van der Waals surface area contributed by atoms with E-state index in [1.165, 1.54) is 12.1 Å². The molecule has 4 rings (SSSR count). The van der Waals surface area contributed by atoms with Crippen molar-refractivity contribution >= 4 is 36.8 Å². The van der Waals surface area contributed by atoms with Gasteiger partial charge >= 0.3 is 0 Å². The van der Waals surface area contributed by atoms with Gasteiger partial charge in [-0.1, -0.05) is 11.6 Å². The van der Waals surface area contributed by atoms with Crippen LogP contribution >= 0.6 is 24.8 Å². The Kier molecular flexibility index (Phi) is 13.2. The van der Waals surface area contributed by atoms with Crippen molar-refractivity contribution in [2.75, 3.05) is 40.4 Å². The van der Waals surface area contributed by atoms with Gasteiger partial charge in [0.15, 0.2) is 11.5 Å². The molecule has 2 fully saturated rings. The van der Waals surface area contributed by atoms with Crippen molar-refractivity contribution in [3.63, 3.8) is 0 Å². The van der Waals surface area contributed by atoms with Crippen molar-refractivity contribution in [2.24, 2.45) is 11.7 Å². The van der Waals surface area contributed by atoms with E-state index in [9.17, 15) is 13.6 Å². The number of carbonyl (C=O) groups excluding carboxylic acids is 1. The molecule has 1 aliphatic heterocycles. The van der Waals surface area contributed by atoms with Gasteiger partial charge in [-0.15, -0.1) is 24.8 Å². The summed E-state index contributed by atoms with van der Waals surface area (Å²) < 4.78 is 38.5. The van der Waals surface area contributed by atoms with E-state index >= 15 is 0 Å². The Balaban J connectivity index is 0.00000280. The monoisotopic (exact) mass is 599 g/mol. The molecule has 1 amide bonds. The summed E-state index contributed by atoms with van der Waals surface area (Å²) in [5, 5.41) is 0. The molecule has 3 atom stereocenters. The maximum absolute atomic E-state index is 14.3. The van der Waals surface area contributed by atoms with Crippen molar-refractivity contribution in [1.29, 1.82) is 0 Å².